The van der Waals surface area contributed by atoms with E-state index >= 15 is 0 Å². The van der Waals surface area contributed by atoms with Gasteiger partial charge in [-0.3, -0.25) is 14.2 Å². The van der Waals surface area contributed by atoms with E-state index in [0.717, 1.165) is 24.1 Å². The average Bonchev–Trinajstić information content (AvgIpc) is 3.41. The van der Waals surface area contributed by atoms with Gasteiger partial charge < -0.3 is 5.32 Å². The van der Waals surface area contributed by atoms with Crippen LogP contribution < -0.4 is 5.32 Å². The van der Waals surface area contributed by atoms with Crippen LogP contribution in [0.25, 0.3) is 0 Å². The summed E-state index contributed by atoms with van der Waals surface area (Å²) in [5, 5.41) is 12.3. The molecule has 0 aliphatic heterocycles. The Balaban J connectivity index is 1.52. The molecule has 1 saturated carbocycles. The lowest BCUT2D eigenvalue weighted by Gasteiger charge is -2.10. The molecule has 0 spiro atoms. The monoisotopic (exact) mass is 467 g/mol. The van der Waals surface area contributed by atoms with E-state index in [4.69, 9.17) is 23.2 Å². The van der Waals surface area contributed by atoms with Gasteiger partial charge in [0.05, 0.1) is 23.6 Å². The maximum absolute atomic E-state index is 13.1. The first-order chi connectivity index (χ1) is 14.7. The zero-order chi connectivity index (χ0) is 22.3. The van der Waals surface area contributed by atoms with E-state index in [9.17, 15) is 13.6 Å². The maximum Gasteiger partial charge on any atom is 0.282 e. The Labute approximate surface area is 188 Å². The van der Waals surface area contributed by atoms with E-state index in [-0.39, 0.29) is 24.1 Å². The molecule has 0 bridgehead atoms. The topological polar surface area (TPSA) is 64.7 Å². The fraction of sp³-hybridized carbons (Fsp3) is 0.381. The van der Waals surface area contributed by atoms with Crippen molar-refractivity contribution in [1.29, 1.82) is 0 Å². The summed E-state index contributed by atoms with van der Waals surface area (Å²) in [6.07, 6.45) is -0.821. The number of aryl methyl sites for hydroxylation is 1. The molecule has 4 rings (SSSR count). The first-order valence-corrected chi connectivity index (χ1v) is 10.6. The summed E-state index contributed by atoms with van der Waals surface area (Å²) in [6.45, 7) is 3.83. The minimum absolute atomic E-state index is 0.140. The number of carbonyl (C=O) groups excluding carboxylic acids is 1. The van der Waals surface area contributed by atoms with Crippen molar-refractivity contribution in [3.05, 3.63) is 62.6 Å². The van der Waals surface area contributed by atoms with Gasteiger partial charge in [-0.1, -0.05) is 29.3 Å². The van der Waals surface area contributed by atoms with Gasteiger partial charge in [0.1, 0.15) is 12.2 Å². The Morgan fingerprint density at radius 3 is 2.48 bits per heavy atom. The van der Waals surface area contributed by atoms with Crippen LogP contribution in [0.3, 0.4) is 0 Å². The Hall–Kier alpha value is -2.45. The van der Waals surface area contributed by atoms with Gasteiger partial charge in [-0.25, -0.2) is 8.78 Å². The highest BCUT2D eigenvalue weighted by molar-refractivity contribution is 6.35. The van der Waals surface area contributed by atoms with Crippen LogP contribution in [0, 0.1) is 13.8 Å². The van der Waals surface area contributed by atoms with Crippen LogP contribution in [0.1, 0.15) is 53.5 Å². The normalized spacial score (nSPS) is 13.8. The van der Waals surface area contributed by atoms with E-state index in [1.54, 1.807) is 29.8 Å². The van der Waals surface area contributed by atoms with E-state index < -0.39 is 6.43 Å². The number of nitrogens with one attached hydrogen (secondary N) is 1. The van der Waals surface area contributed by atoms with Crippen LogP contribution in [0.15, 0.2) is 24.3 Å². The van der Waals surface area contributed by atoms with E-state index in [1.165, 1.54) is 10.7 Å². The van der Waals surface area contributed by atoms with Gasteiger partial charge >= 0.3 is 0 Å². The largest absolute Gasteiger partial charge is 0.321 e. The zero-order valence-corrected chi connectivity index (χ0v) is 18.5. The number of alkyl halides is 2. The maximum atomic E-state index is 13.1. The molecule has 1 aliphatic carbocycles. The number of rotatable bonds is 7. The summed E-state index contributed by atoms with van der Waals surface area (Å²) in [5.41, 5.74) is 3.06. The third-order valence-electron chi connectivity index (χ3n) is 5.36. The Bertz CT molecular complexity index is 1120. The minimum Gasteiger partial charge on any atom is -0.321 e. The molecule has 2 aromatic heterocycles. The second-order valence-electron chi connectivity index (χ2n) is 7.68. The van der Waals surface area contributed by atoms with Crippen molar-refractivity contribution in [2.45, 2.75) is 52.1 Å². The molecule has 6 nitrogen and oxygen atoms in total. The Kier molecular flexibility index (Phi) is 6.03. The van der Waals surface area contributed by atoms with Crippen LogP contribution in [-0.2, 0) is 17.9 Å². The fourth-order valence-corrected chi connectivity index (χ4v) is 4.09. The molecule has 1 N–H and O–H groups in total. The first-order valence-electron chi connectivity index (χ1n) is 9.87. The second-order valence-corrected chi connectivity index (χ2v) is 8.49. The van der Waals surface area contributed by atoms with Crippen molar-refractivity contribution < 1.29 is 13.6 Å². The highest BCUT2D eigenvalue weighted by Gasteiger charge is 2.30. The van der Waals surface area contributed by atoms with E-state index in [0.29, 0.717) is 33.7 Å². The quantitative estimate of drug-likeness (QED) is 0.498. The van der Waals surface area contributed by atoms with Crippen molar-refractivity contribution in [3.8, 4) is 0 Å². The summed E-state index contributed by atoms with van der Waals surface area (Å²) in [6, 6.07) is 6.68. The molecule has 0 atom stereocenters. The van der Waals surface area contributed by atoms with E-state index in [2.05, 4.69) is 15.5 Å². The lowest BCUT2D eigenvalue weighted by molar-refractivity contribution is -0.117. The number of benzene rings is 1. The number of aromatic nitrogens is 4. The van der Waals surface area contributed by atoms with Gasteiger partial charge in [0.15, 0.2) is 0 Å². The van der Waals surface area contributed by atoms with Crippen LogP contribution in [0.5, 0.6) is 0 Å². The second kappa shape index (κ2) is 8.59. The first kappa shape index (κ1) is 21.8. The molecule has 0 unspecified atom stereocenters. The molecule has 3 aromatic rings. The fourth-order valence-electron chi connectivity index (χ4n) is 3.57. The molecule has 1 amide bonds. The highest BCUT2D eigenvalue weighted by atomic mass is 35.5. The lowest BCUT2D eigenvalue weighted by atomic mass is 10.2. The predicted molar refractivity (Wildman–Crippen MR) is 115 cm³/mol. The van der Waals surface area contributed by atoms with Gasteiger partial charge in [0, 0.05) is 27.2 Å². The van der Waals surface area contributed by atoms with Crippen LogP contribution in [0.4, 0.5) is 14.5 Å². The molecule has 2 heterocycles. The lowest BCUT2D eigenvalue weighted by Crippen LogP contribution is -2.21. The molecule has 31 heavy (non-hydrogen) atoms. The Morgan fingerprint density at radius 1 is 1.19 bits per heavy atom. The number of nitrogens with zero attached hydrogens (tertiary/aromatic N) is 4. The van der Waals surface area contributed by atoms with Gasteiger partial charge in [0.2, 0.25) is 5.91 Å². The number of hydrogen-bond acceptors (Lipinski definition) is 3. The number of anilines is 1. The number of halogens is 4. The van der Waals surface area contributed by atoms with Crippen LogP contribution >= 0.6 is 23.2 Å². The van der Waals surface area contributed by atoms with Crippen molar-refractivity contribution in [2.75, 3.05) is 5.32 Å². The molecule has 0 saturated heterocycles. The molecule has 10 heteroatoms. The van der Waals surface area contributed by atoms with Crippen molar-refractivity contribution in [1.82, 2.24) is 19.6 Å². The third kappa shape index (κ3) is 4.60. The molecule has 1 aliphatic rings. The Morgan fingerprint density at radius 2 is 1.87 bits per heavy atom. The number of hydrogen-bond donors (Lipinski definition) is 1. The summed E-state index contributed by atoms with van der Waals surface area (Å²) in [4.78, 5) is 12.7. The molecular weight excluding hydrogens is 447 g/mol. The minimum atomic E-state index is -2.67. The molecular formula is C21H21Cl2F2N5O. The third-order valence-corrected chi connectivity index (χ3v) is 6.07. The van der Waals surface area contributed by atoms with Crippen molar-refractivity contribution >= 4 is 34.8 Å². The van der Waals surface area contributed by atoms with Crippen LogP contribution in [-0.4, -0.2) is 25.5 Å². The smallest absolute Gasteiger partial charge is 0.282 e. The summed E-state index contributed by atoms with van der Waals surface area (Å²) in [5.74, 6) is -0.160. The number of amides is 1. The predicted octanol–water partition coefficient (Wildman–Crippen LogP) is 5.51. The zero-order valence-electron chi connectivity index (χ0n) is 17.0. The molecule has 1 aromatic carbocycles. The average molecular weight is 468 g/mol. The standard InChI is InChI=1S/C21H21Cl2F2N5O/c1-11-20(12(2)29(27-11)9-14-15(22)4-3-5-16(14)23)26-19(31)10-30-18(13-6-7-13)8-17(28-30)21(24)25/h3-5,8,13,21H,6-7,9-10H2,1-2H3,(H,26,31). The molecule has 1 fully saturated rings. The van der Waals surface area contributed by atoms with Gasteiger partial charge in [0.25, 0.3) is 6.43 Å². The molecule has 164 valence electrons. The summed E-state index contributed by atoms with van der Waals surface area (Å²) < 4.78 is 29.2. The molecule has 0 radical (unpaired) electrons. The SMILES string of the molecule is Cc1nn(Cc2c(Cl)cccc2Cl)c(C)c1NC(=O)Cn1nc(C(F)F)cc1C1CC1. The van der Waals surface area contributed by atoms with Crippen molar-refractivity contribution in [2.24, 2.45) is 0 Å². The summed E-state index contributed by atoms with van der Waals surface area (Å²) in [7, 11) is 0. The van der Waals surface area contributed by atoms with E-state index in [1.807, 2.05) is 6.92 Å². The van der Waals surface area contributed by atoms with Gasteiger partial charge in [-0.15, -0.1) is 0 Å². The van der Waals surface area contributed by atoms with Crippen LogP contribution in [0.2, 0.25) is 10.0 Å². The van der Waals surface area contributed by atoms with Gasteiger partial charge in [-0.05, 0) is 44.9 Å². The highest BCUT2D eigenvalue weighted by Crippen LogP contribution is 2.41. The number of carbonyl (C=O) groups is 1. The van der Waals surface area contributed by atoms with Gasteiger partial charge in [-0.2, -0.15) is 10.2 Å². The van der Waals surface area contributed by atoms with Crippen molar-refractivity contribution in [3.63, 3.8) is 0 Å². The summed E-state index contributed by atoms with van der Waals surface area (Å²) >= 11 is 12.5.